The lowest BCUT2D eigenvalue weighted by molar-refractivity contribution is -0.120. The second kappa shape index (κ2) is 8.55. The standard InChI is InChI=1S/C18H29N3O.ClH/c1-4-10-18(3,19)17(22)20-15-6-5-7-16(13-15)21-11-8-14(2)9-12-21;/h5-7,13-14H,4,8-12,19H2,1-3H3,(H,20,22);1H. The zero-order valence-corrected chi connectivity index (χ0v) is 15.3. The van der Waals surface area contributed by atoms with E-state index in [4.69, 9.17) is 5.73 Å². The molecule has 2 rings (SSSR count). The Morgan fingerprint density at radius 1 is 1.39 bits per heavy atom. The van der Waals surface area contributed by atoms with Crippen molar-refractivity contribution < 1.29 is 4.79 Å². The molecule has 1 aliphatic heterocycles. The summed E-state index contributed by atoms with van der Waals surface area (Å²) in [6.45, 7) is 8.31. The summed E-state index contributed by atoms with van der Waals surface area (Å²) in [5.74, 6) is 0.699. The number of piperidine rings is 1. The van der Waals surface area contributed by atoms with Gasteiger partial charge in [0.25, 0.3) is 0 Å². The van der Waals surface area contributed by atoms with Crippen molar-refractivity contribution in [1.29, 1.82) is 0 Å². The molecule has 3 N–H and O–H groups in total. The number of halogens is 1. The number of carbonyl (C=O) groups excluding carboxylic acids is 1. The fraction of sp³-hybridized carbons (Fsp3) is 0.611. The number of rotatable bonds is 5. The molecule has 1 heterocycles. The van der Waals surface area contributed by atoms with Crippen LogP contribution in [-0.4, -0.2) is 24.5 Å². The minimum absolute atomic E-state index is 0. The number of hydrogen-bond acceptors (Lipinski definition) is 3. The van der Waals surface area contributed by atoms with Gasteiger partial charge in [-0.05, 0) is 50.3 Å². The van der Waals surface area contributed by atoms with Gasteiger partial charge in [0.05, 0.1) is 5.54 Å². The van der Waals surface area contributed by atoms with Gasteiger partial charge >= 0.3 is 0 Å². The molecule has 0 aliphatic carbocycles. The van der Waals surface area contributed by atoms with E-state index in [1.807, 2.05) is 19.1 Å². The van der Waals surface area contributed by atoms with Crippen LogP contribution in [0.3, 0.4) is 0 Å². The smallest absolute Gasteiger partial charge is 0.244 e. The van der Waals surface area contributed by atoms with E-state index in [0.717, 1.165) is 31.1 Å². The largest absolute Gasteiger partial charge is 0.371 e. The second-order valence-corrected chi connectivity index (χ2v) is 6.84. The molecule has 1 unspecified atom stereocenters. The highest BCUT2D eigenvalue weighted by molar-refractivity contribution is 5.97. The van der Waals surface area contributed by atoms with Gasteiger partial charge in [-0.2, -0.15) is 0 Å². The van der Waals surface area contributed by atoms with Gasteiger partial charge < -0.3 is 16.0 Å². The molecule has 1 aromatic carbocycles. The zero-order valence-electron chi connectivity index (χ0n) is 14.5. The molecule has 1 amide bonds. The number of nitrogens with two attached hydrogens (primary N) is 1. The number of anilines is 2. The summed E-state index contributed by atoms with van der Waals surface area (Å²) in [5.41, 5.74) is 7.29. The minimum Gasteiger partial charge on any atom is -0.371 e. The van der Waals surface area contributed by atoms with Crippen LogP contribution in [0.5, 0.6) is 0 Å². The zero-order chi connectivity index (χ0) is 16.2. The maximum atomic E-state index is 12.3. The average Bonchev–Trinajstić information content (AvgIpc) is 2.48. The van der Waals surface area contributed by atoms with Gasteiger partial charge in [0.15, 0.2) is 0 Å². The molecule has 1 aromatic rings. The Bertz CT molecular complexity index is 511. The molecule has 5 heteroatoms. The summed E-state index contributed by atoms with van der Waals surface area (Å²) in [6, 6.07) is 8.09. The van der Waals surface area contributed by atoms with Crippen molar-refractivity contribution in [1.82, 2.24) is 0 Å². The molecule has 0 bridgehead atoms. The molecule has 0 radical (unpaired) electrons. The molecule has 1 aliphatic rings. The summed E-state index contributed by atoms with van der Waals surface area (Å²) in [5, 5.41) is 2.96. The van der Waals surface area contributed by atoms with Crippen LogP contribution in [0.1, 0.15) is 46.5 Å². The Morgan fingerprint density at radius 3 is 2.65 bits per heavy atom. The highest BCUT2D eigenvalue weighted by atomic mass is 35.5. The summed E-state index contributed by atoms with van der Waals surface area (Å²) in [4.78, 5) is 14.7. The van der Waals surface area contributed by atoms with E-state index in [-0.39, 0.29) is 18.3 Å². The monoisotopic (exact) mass is 339 g/mol. The maximum absolute atomic E-state index is 12.3. The van der Waals surface area contributed by atoms with Crippen LogP contribution in [0.15, 0.2) is 24.3 Å². The molecular weight excluding hydrogens is 310 g/mol. The van der Waals surface area contributed by atoms with Crippen LogP contribution < -0.4 is 16.0 Å². The van der Waals surface area contributed by atoms with Gasteiger partial charge in [-0.3, -0.25) is 4.79 Å². The summed E-state index contributed by atoms with van der Waals surface area (Å²) < 4.78 is 0. The first-order valence-electron chi connectivity index (χ1n) is 8.37. The van der Waals surface area contributed by atoms with Crippen LogP contribution in [0.4, 0.5) is 11.4 Å². The predicted octanol–water partition coefficient (Wildman–Crippen LogP) is 3.80. The van der Waals surface area contributed by atoms with Crippen molar-refractivity contribution in [3.8, 4) is 0 Å². The number of nitrogens with one attached hydrogen (secondary N) is 1. The second-order valence-electron chi connectivity index (χ2n) is 6.84. The lowest BCUT2D eigenvalue weighted by Gasteiger charge is -2.32. The van der Waals surface area contributed by atoms with Gasteiger partial charge in [0.2, 0.25) is 5.91 Å². The lowest BCUT2D eigenvalue weighted by Crippen LogP contribution is -2.48. The maximum Gasteiger partial charge on any atom is 0.244 e. The fourth-order valence-electron chi connectivity index (χ4n) is 2.95. The van der Waals surface area contributed by atoms with Gasteiger partial charge in [-0.25, -0.2) is 0 Å². The van der Waals surface area contributed by atoms with Crippen LogP contribution in [-0.2, 0) is 4.79 Å². The molecule has 4 nitrogen and oxygen atoms in total. The fourth-order valence-corrected chi connectivity index (χ4v) is 2.95. The first-order chi connectivity index (χ1) is 10.4. The molecule has 130 valence electrons. The molecule has 1 fully saturated rings. The number of benzene rings is 1. The van der Waals surface area contributed by atoms with E-state index >= 15 is 0 Å². The quantitative estimate of drug-likeness (QED) is 0.857. The highest BCUT2D eigenvalue weighted by Gasteiger charge is 2.27. The highest BCUT2D eigenvalue weighted by Crippen LogP contribution is 2.25. The average molecular weight is 340 g/mol. The van der Waals surface area contributed by atoms with Crippen molar-refractivity contribution in [2.75, 3.05) is 23.3 Å². The van der Waals surface area contributed by atoms with Crippen molar-refractivity contribution >= 4 is 29.7 Å². The van der Waals surface area contributed by atoms with E-state index in [1.165, 1.54) is 18.5 Å². The van der Waals surface area contributed by atoms with E-state index in [2.05, 4.69) is 29.3 Å². The number of amides is 1. The Labute approximate surface area is 146 Å². The SMILES string of the molecule is CCCC(C)(N)C(=O)Nc1cccc(N2CCC(C)CC2)c1.Cl. The van der Waals surface area contributed by atoms with Crippen molar-refractivity contribution in [3.63, 3.8) is 0 Å². The van der Waals surface area contributed by atoms with Crippen LogP contribution in [0.2, 0.25) is 0 Å². The number of nitrogens with zero attached hydrogens (tertiary/aromatic N) is 1. The topological polar surface area (TPSA) is 58.4 Å². The van der Waals surface area contributed by atoms with Crippen LogP contribution in [0, 0.1) is 5.92 Å². The minimum atomic E-state index is -0.814. The molecule has 1 saturated heterocycles. The molecule has 0 aromatic heterocycles. The molecule has 23 heavy (non-hydrogen) atoms. The van der Waals surface area contributed by atoms with Gasteiger partial charge in [0, 0.05) is 24.5 Å². The summed E-state index contributed by atoms with van der Waals surface area (Å²) in [7, 11) is 0. The third kappa shape index (κ3) is 5.40. The number of hydrogen-bond donors (Lipinski definition) is 2. The van der Waals surface area contributed by atoms with Gasteiger partial charge in [0.1, 0.15) is 0 Å². The van der Waals surface area contributed by atoms with Crippen molar-refractivity contribution in [3.05, 3.63) is 24.3 Å². The normalized spacial score (nSPS) is 18.0. The third-order valence-electron chi connectivity index (χ3n) is 4.54. The summed E-state index contributed by atoms with van der Waals surface area (Å²) >= 11 is 0. The van der Waals surface area contributed by atoms with E-state index < -0.39 is 5.54 Å². The summed E-state index contributed by atoms with van der Waals surface area (Å²) in [6.07, 6.45) is 4.04. The molecule has 0 spiro atoms. The Balaban J connectivity index is 0.00000264. The van der Waals surface area contributed by atoms with Gasteiger partial charge in [-0.15, -0.1) is 12.4 Å². The molecular formula is C18H30ClN3O. The van der Waals surface area contributed by atoms with E-state index in [1.54, 1.807) is 6.92 Å². The van der Waals surface area contributed by atoms with Crippen molar-refractivity contribution in [2.45, 2.75) is 52.0 Å². The van der Waals surface area contributed by atoms with Crippen molar-refractivity contribution in [2.24, 2.45) is 11.7 Å². The lowest BCUT2D eigenvalue weighted by atomic mass is 9.96. The first kappa shape index (κ1) is 19.8. The van der Waals surface area contributed by atoms with E-state index in [9.17, 15) is 4.79 Å². The van der Waals surface area contributed by atoms with Crippen LogP contribution in [0.25, 0.3) is 0 Å². The molecule has 0 saturated carbocycles. The predicted molar refractivity (Wildman–Crippen MR) is 100 cm³/mol. The van der Waals surface area contributed by atoms with Crippen LogP contribution >= 0.6 is 12.4 Å². The first-order valence-corrected chi connectivity index (χ1v) is 8.37. The third-order valence-corrected chi connectivity index (χ3v) is 4.54. The Kier molecular flexibility index (Phi) is 7.36. The molecule has 1 atom stereocenters. The van der Waals surface area contributed by atoms with Gasteiger partial charge in [-0.1, -0.05) is 26.3 Å². The van der Waals surface area contributed by atoms with E-state index in [0.29, 0.717) is 6.42 Å². The number of carbonyl (C=O) groups is 1. The Hall–Kier alpha value is -1.26. The Morgan fingerprint density at radius 2 is 2.04 bits per heavy atom.